The van der Waals surface area contributed by atoms with Crippen LogP contribution < -0.4 is 0 Å². The minimum absolute atomic E-state index is 0.0546. The maximum atomic E-state index is 13.5. The smallest absolute Gasteiger partial charge is 0.252 e. The van der Waals surface area contributed by atoms with Crippen molar-refractivity contribution in [3.05, 3.63) is 52.9 Å². The predicted molar refractivity (Wildman–Crippen MR) is 59.6 cm³/mol. The fraction of sp³-hybridized carbons (Fsp3) is 0.0833. The second-order valence-electron chi connectivity index (χ2n) is 3.56. The Morgan fingerprint density at radius 1 is 1.11 bits per heavy atom. The Hall–Kier alpha value is -1.62. The van der Waals surface area contributed by atoms with Crippen LogP contribution >= 0.6 is 11.6 Å². The molecule has 0 saturated heterocycles. The zero-order valence-electron chi connectivity index (χ0n) is 8.80. The van der Waals surface area contributed by atoms with E-state index in [0.29, 0.717) is 0 Å². The zero-order chi connectivity index (χ0) is 13.3. The molecule has 0 fully saturated rings. The maximum absolute atomic E-state index is 13.5. The minimum Gasteiger partial charge on any atom is -0.252 e. The summed E-state index contributed by atoms with van der Waals surface area (Å²) in [6, 6.07) is 5.32. The number of pyridine rings is 1. The molecule has 0 aliphatic carbocycles. The molecule has 1 heterocycles. The van der Waals surface area contributed by atoms with Crippen molar-refractivity contribution >= 4 is 11.6 Å². The number of aromatic nitrogens is 1. The first-order valence-electron chi connectivity index (χ1n) is 4.86. The molecule has 0 atom stereocenters. The van der Waals surface area contributed by atoms with Crippen molar-refractivity contribution in [1.82, 2.24) is 4.98 Å². The SMILES string of the molecule is Fc1cc(Cl)cnc1-c1cccc(C(F)(F)F)c1. The van der Waals surface area contributed by atoms with Crippen LogP contribution in [-0.4, -0.2) is 4.98 Å². The molecule has 2 rings (SSSR count). The first-order valence-corrected chi connectivity index (χ1v) is 5.24. The van der Waals surface area contributed by atoms with Gasteiger partial charge in [-0.15, -0.1) is 0 Å². The highest BCUT2D eigenvalue weighted by molar-refractivity contribution is 6.30. The largest absolute Gasteiger partial charge is 0.416 e. The molecule has 1 nitrogen and oxygen atoms in total. The quantitative estimate of drug-likeness (QED) is 0.695. The van der Waals surface area contributed by atoms with E-state index in [0.717, 1.165) is 18.2 Å². The summed E-state index contributed by atoms with van der Waals surface area (Å²) in [5.74, 6) is -0.762. The molecule has 18 heavy (non-hydrogen) atoms. The highest BCUT2D eigenvalue weighted by atomic mass is 35.5. The van der Waals surface area contributed by atoms with Crippen LogP contribution in [0.5, 0.6) is 0 Å². The molecule has 94 valence electrons. The highest BCUT2D eigenvalue weighted by Gasteiger charge is 2.30. The molecule has 2 aromatic rings. The van der Waals surface area contributed by atoms with Crippen molar-refractivity contribution in [1.29, 1.82) is 0 Å². The van der Waals surface area contributed by atoms with E-state index < -0.39 is 17.6 Å². The predicted octanol–water partition coefficient (Wildman–Crippen LogP) is 4.56. The first-order chi connectivity index (χ1) is 8.38. The number of alkyl halides is 3. The number of hydrogen-bond donors (Lipinski definition) is 0. The van der Waals surface area contributed by atoms with Crippen LogP contribution in [0.15, 0.2) is 36.5 Å². The van der Waals surface area contributed by atoms with Gasteiger partial charge in [-0.25, -0.2) is 4.39 Å². The summed E-state index contributed by atoms with van der Waals surface area (Å²) >= 11 is 5.53. The van der Waals surface area contributed by atoms with E-state index in [1.54, 1.807) is 0 Å². The number of hydrogen-bond acceptors (Lipinski definition) is 1. The van der Waals surface area contributed by atoms with Crippen LogP contribution in [-0.2, 0) is 6.18 Å². The van der Waals surface area contributed by atoms with Gasteiger partial charge < -0.3 is 0 Å². The Morgan fingerprint density at radius 2 is 1.83 bits per heavy atom. The Kier molecular flexibility index (Phi) is 3.26. The Balaban J connectivity index is 2.51. The number of halogens is 5. The molecule has 0 unspecified atom stereocenters. The summed E-state index contributed by atoms with van der Waals surface area (Å²) in [5, 5.41) is 0.0863. The highest BCUT2D eigenvalue weighted by Crippen LogP contribution is 2.32. The molecule has 0 spiro atoms. The van der Waals surface area contributed by atoms with Gasteiger partial charge in [-0.2, -0.15) is 13.2 Å². The van der Waals surface area contributed by atoms with Crippen LogP contribution in [0.2, 0.25) is 5.02 Å². The summed E-state index contributed by atoms with van der Waals surface area (Å²) in [6.45, 7) is 0. The van der Waals surface area contributed by atoms with E-state index in [2.05, 4.69) is 4.98 Å². The van der Waals surface area contributed by atoms with Crippen LogP contribution in [0.3, 0.4) is 0 Å². The van der Waals surface area contributed by atoms with Gasteiger partial charge in [0.25, 0.3) is 0 Å². The van der Waals surface area contributed by atoms with E-state index in [1.165, 1.54) is 18.3 Å². The van der Waals surface area contributed by atoms with Gasteiger partial charge in [-0.3, -0.25) is 4.98 Å². The summed E-state index contributed by atoms with van der Waals surface area (Å²) in [7, 11) is 0. The van der Waals surface area contributed by atoms with Gasteiger partial charge in [0.1, 0.15) is 5.69 Å². The standard InChI is InChI=1S/C12H6ClF4N/c13-9-5-10(14)11(18-6-9)7-2-1-3-8(4-7)12(15,16)17/h1-6H. The van der Waals surface area contributed by atoms with Gasteiger partial charge in [-0.1, -0.05) is 23.7 Å². The van der Waals surface area contributed by atoms with Gasteiger partial charge >= 0.3 is 6.18 Å². The Morgan fingerprint density at radius 3 is 2.44 bits per heavy atom. The lowest BCUT2D eigenvalue weighted by molar-refractivity contribution is -0.137. The molecule has 0 aliphatic rings. The Bertz CT molecular complexity index is 581. The van der Waals surface area contributed by atoms with E-state index in [9.17, 15) is 17.6 Å². The fourth-order valence-electron chi connectivity index (χ4n) is 1.47. The van der Waals surface area contributed by atoms with Crippen molar-refractivity contribution in [2.75, 3.05) is 0 Å². The van der Waals surface area contributed by atoms with E-state index in [-0.39, 0.29) is 16.3 Å². The van der Waals surface area contributed by atoms with Crippen molar-refractivity contribution in [2.45, 2.75) is 6.18 Å². The first kappa shape index (κ1) is 12.8. The molecular formula is C12H6ClF4N. The summed E-state index contributed by atoms with van der Waals surface area (Å²) < 4.78 is 51.1. The van der Waals surface area contributed by atoms with Crippen molar-refractivity contribution in [2.24, 2.45) is 0 Å². The second kappa shape index (κ2) is 4.57. The molecule has 0 amide bonds. The normalized spacial score (nSPS) is 11.6. The average molecular weight is 276 g/mol. The van der Waals surface area contributed by atoms with Crippen LogP contribution in [0.25, 0.3) is 11.3 Å². The van der Waals surface area contributed by atoms with E-state index in [1.807, 2.05) is 0 Å². The van der Waals surface area contributed by atoms with Crippen molar-refractivity contribution < 1.29 is 17.6 Å². The molecule has 0 saturated carbocycles. The van der Waals surface area contributed by atoms with Gasteiger partial charge in [0.15, 0.2) is 5.82 Å². The summed E-state index contributed by atoms with van der Waals surface area (Å²) in [6.07, 6.45) is -3.29. The monoisotopic (exact) mass is 275 g/mol. The topological polar surface area (TPSA) is 12.9 Å². The third-order valence-electron chi connectivity index (χ3n) is 2.27. The summed E-state index contributed by atoms with van der Waals surface area (Å²) in [5.41, 5.74) is -0.958. The third-order valence-corrected chi connectivity index (χ3v) is 2.48. The number of rotatable bonds is 1. The molecule has 1 aromatic carbocycles. The van der Waals surface area contributed by atoms with Crippen LogP contribution in [0, 0.1) is 5.82 Å². The van der Waals surface area contributed by atoms with E-state index >= 15 is 0 Å². The third kappa shape index (κ3) is 2.61. The van der Waals surface area contributed by atoms with Gasteiger partial charge in [0.2, 0.25) is 0 Å². The molecular weight excluding hydrogens is 270 g/mol. The number of nitrogens with zero attached hydrogens (tertiary/aromatic N) is 1. The Labute approximate surface area is 105 Å². The van der Waals surface area contributed by atoms with Crippen LogP contribution in [0.4, 0.5) is 17.6 Å². The number of benzene rings is 1. The molecule has 0 radical (unpaired) electrons. The van der Waals surface area contributed by atoms with Crippen molar-refractivity contribution in [3.8, 4) is 11.3 Å². The van der Waals surface area contributed by atoms with Gasteiger partial charge in [-0.05, 0) is 18.2 Å². The molecule has 0 N–H and O–H groups in total. The average Bonchev–Trinajstić information content (AvgIpc) is 2.28. The second-order valence-corrected chi connectivity index (χ2v) is 4.00. The molecule has 1 aromatic heterocycles. The zero-order valence-corrected chi connectivity index (χ0v) is 9.56. The lowest BCUT2D eigenvalue weighted by Crippen LogP contribution is -2.04. The minimum atomic E-state index is -4.47. The lowest BCUT2D eigenvalue weighted by Gasteiger charge is -2.08. The summed E-state index contributed by atoms with van der Waals surface area (Å²) in [4.78, 5) is 3.70. The fourth-order valence-corrected chi connectivity index (χ4v) is 1.61. The van der Waals surface area contributed by atoms with E-state index in [4.69, 9.17) is 11.6 Å². The van der Waals surface area contributed by atoms with Gasteiger partial charge in [0, 0.05) is 11.8 Å². The molecule has 0 bridgehead atoms. The maximum Gasteiger partial charge on any atom is 0.416 e. The lowest BCUT2D eigenvalue weighted by atomic mass is 10.1. The molecule has 6 heteroatoms. The van der Waals surface area contributed by atoms with Gasteiger partial charge in [0.05, 0.1) is 10.6 Å². The van der Waals surface area contributed by atoms with Crippen LogP contribution in [0.1, 0.15) is 5.56 Å². The van der Waals surface area contributed by atoms with Crippen molar-refractivity contribution in [3.63, 3.8) is 0 Å². The molecule has 0 aliphatic heterocycles.